The molecule has 1 rings (SSSR count). The fourth-order valence-electron chi connectivity index (χ4n) is 1.06. The SMILES string of the molecule is CSCNc1cc(C(N)=O)ncc1C(=N)Br. The Hall–Kier alpha value is -1.08. The van der Waals surface area contributed by atoms with E-state index in [0.717, 1.165) is 0 Å². The van der Waals surface area contributed by atoms with E-state index in [1.54, 1.807) is 17.8 Å². The molecule has 0 radical (unpaired) electrons. The first-order valence-corrected chi connectivity index (χ1v) is 6.52. The zero-order valence-electron chi connectivity index (χ0n) is 8.58. The molecule has 7 heteroatoms. The third-order valence-corrected chi connectivity index (χ3v) is 2.66. The van der Waals surface area contributed by atoms with Gasteiger partial charge in [-0.1, -0.05) is 0 Å². The summed E-state index contributed by atoms with van der Waals surface area (Å²) >= 11 is 4.66. The number of aromatic nitrogens is 1. The quantitative estimate of drug-likeness (QED) is 0.569. The van der Waals surface area contributed by atoms with Gasteiger partial charge in [-0.3, -0.25) is 15.2 Å². The number of nitrogens with two attached hydrogens (primary N) is 1. The molecule has 0 saturated heterocycles. The van der Waals surface area contributed by atoms with Crippen molar-refractivity contribution in [2.24, 2.45) is 5.73 Å². The van der Waals surface area contributed by atoms with E-state index in [2.05, 4.69) is 26.2 Å². The minimum atomic E-state index is -0.583. The number of carbonyl (C=O) groups is 1. The summed E-state index contributed by atoms with van der Waals surface area (Å²) in [5, 5.41) is 10.6. The predicted octanol–water partition coefficient (Wildman–Crippen LogP) is 1.63. The van der Waals surface area contributed by atoms with E-state index in [9.17, 15) is 4.79 Å². The van der Waals surface area contributed by atoms with Gasteiger partial charge in [0.25, 0.3) is 5.91 Å². The normalized spacial score (nSPS) is 9.88. The molecule has 1 amide bonds. The number of pyridine rings is 1. The van der Waals surface area contributed by atoms with Gasteiger partial charge in [0.2, 0.25) is 0 Å². The summed E-state index contributed by atoms with van der Waals surface area (Å²) in [5.74, 6) is 0.0926. The Kier molecular flexibility index (Phi) is 4.75. The van der Waals surface area contributed by atoms with Gasteiger partial charge < -0.3 is 11.1 Å². The van der Waals surface area contributed by atoms with Gasteiger partial charge >= 0.3 is 0 Å². The van der Waals surface area contributed by atoms with Crippen LogP contribution >= 0.6 is 27.7 Å². The minimum Gasteiger partial charge on any atom is -0.375 e. The van der Waals surface area contributed by atoms with Crippen LogP contribution in [0.3, 0.4) is 0 Å². The second kappa shape index (κ2) is 5.86. The molecule has 1 aromatic heterocycles. The van der Waals surface area contributed by atoms with Gasteiger partial charge in [-0.25, -0.2) is 0 Å². The first-order chi connectivity index (χ1) is 7.56. The lowest BCUT2D eigenvalue weighted by Crippen LogP contribution is -2.15. The van der Waals surface area contributed by atoms with Crippen molar-refractivity contribution in [3.05, 3.63) is 23.5 Å². The molecule has 0 aliphatic heterocycles. The number of nitrogens with one attached hydrogen (secondary N) is 2. The van der Waals surface area contributed by atoms with Gasteiger partial charge in [-0.15, -0.1) is 11.8 Å². The summed E-state index contributed by atoms with van der Waals surface area (Å²) in [7, 11) is 0. The summed E-state index contributed by atoms with van der Waals surface area (Å²) in [6.45, 7) is 0. The van der Waals surface area contributed by atoms with Crippen LogP contribution in [0.4, 0.5) is 5.69 Å². The molecule has 16 heavy (non-hydrogen) atoms. The molecule has 0 bridgehead atoms. The van der Waals surface area contributed by atoms with Crippen LogP contribution in [0.15, 0.2) is 12.3 Å². The lowest BCUT2D eigenvalue weighted by atomic mass is 10.2. The molecular formula is C9H11BrN4OS. The lowest BCUT2D eigenvalue weighted by Gasteiger charge is -2.10. The minimum absolute atomic E-state index is 0.182. The summed E-state index contributed by atoms with van der Waals surface area (Å²) in [5.41, 5.74) is 6.58. The van der Waals surface area contributed by atoms with Crippen molar-refractivity contribution in [2.75, 3.05) is 17.4 Å². The maximum atomic E-state index is 11.0. The fourth-order valence-corrected chi connectivity index (χ4v) is 1.68. The van der Waals surface area contributed by atoms with Gasteiger partial charge in [0, 0.05) is 17.4 Å². The molecule has 0 aliphatic rings. The van der Waals surface area contributed by atoms with Crippen LogP contribution in [0.25, 0.3) is 0 Å². The third kappa shape index (κ3) is 3.21. The van der Waals surface area contributed by atoms with Crippen LogP contribution in [-0.4, -0.2) is 27.6 Å². The van der Waals surface area contributed by atoms with Gasteiger partial charge in [0.1, 0.15) is 10.3 Å². The number of hydrogen-bond acceptors (Lipinski definition) is 5. The molecule has 0 aliphatic carbocycles. The largest absolute Gasteiger partial charge is 0.375 e. The van der Waals surface area contributed by atoms with Crippen molar-refractivity contribution >= 4 is 43.9 Å². The maximum absolute atomic E-state index is 11.0. The Morgan fingerprint density at radius 3 is 2.94 bits per heavy atom. The fraction of sp³-hybridized carbons (Fsp3) is 0.222. The van der Waals surface area contributed by atoms with E-state index < -0.39 is 5.91 Å². The summed E-state index contributed by atoms with van der Waals surface area (Å²) in [6.07, 6.45) is 3.39. The van der Waals surface area contributed by atoms with Crippen LogP contribution < -0.4 is 11.1 Å². The number of halogens is 1. The predicted molar refractivity (Wildman–Crippen MR) is 70.5 cm³/mol. The average Bonchev–Trinajstić information content (AvgIpc) is 2.25. The molecule has 0 saturated carbocycles. The monoisotopic (exact) mass is 302 g/mol. The van der Waals surface area contributed by atoms with E-state index in [0.29, 0.717) is 17.1 Å². The first kappa shape index (κ1) is 13.0. The molecule has 4 N–H and O–H groups in total. The number of carbonyl (C=O) groups excluding carboxylic acids is 1. The van der Waals surface area contributed by atoms with Gasteiger partial charge in [-0.05, 0) is 28.3 Å². The molecule has 0 atom stereocenters. The Morgan fingerprint density at radius 2 is 2.44 bits per heavy atom. The highest BCUT2D eigenvalue weighted by Gasteiger charge is 2.10. The number of amides is 1. The maximum Gasteiger partial charge on any atom is 0.267 e. The highest BCUT2D eigenvalue weighted by Crippen LogP contribution is 2.19. The van der Waals surface area contributed by atoms with Gasteiger partial charge in [0.05, 0.1) is 5.88 Å². The van der Waals surface area contributed by atoms with E-state index in [1.807, 2.05) is 6.26 Å². The van der Waals surface area contributed by atoms with Crippen molar-refractivity contribution in [2.45, 2.75) is 0 Å². The zero-order valence-corrected chi connectivity index (χ0v) is 11.0. The molecule has 0 aromatic carbocycles. The highest BCUT2D eigenvalue weighted by atomic mass is 79.9. The topological polar surface area (TPSA) is 91.9 Å². The van der Waals surface area contributed by atoms with Crippen LogP contribution in [0.1, 0.15) is 16.1 Å². The van der Waals surface area contributed by atoms with E-state index in [4.69, 9.17) is 11.1 Å². The second-order valence-corrected chi connectivity index (χ2v) is 4.56. The molecule has 1 aromatic rings. The van der Waals surface area contributed by atoms with Crippen molar-refractivity contribution < 1.29 is 4.79 Å². The number of rotatable bonds is 5. The van der Waals surface area contributed by atoms with E-state index in [1.165, 1.54) is 6.20 Å². The Morgan fingerprint density at radius 1 is 1.75 bits per heavy atom. The van der Waals surface area contributed by atoms with Crippen LogP contribution in [0, 0.1) is 5.41 Å². The van der Waals surface area contributed by atoms with Crippen LogP contribution in [0.2, 0.25) is 0 Å². The smallest absolute Gasteiger partial charge is 0.267 e. The second-order valence-electron chi connectivity index (χ2n) is 2.90. The Balaban J connectivity index is 3.10. The Labute approximate surface area is 106 Å². The highest BCUT2D eigenvalue weighted by molar-refractivity contribution is 9.18. The van der Waals surface area contributed by atoms with Crippen molar-refractivity contribution in [1.29, 1.82) is 5.41 Å². The van der Waals surface area contributed by atoms with Crippen molar-refractivity contribution in [3.63, 3.8) is 0 Å². The van der Waals surface area contributed by atoms with Crippen molar-refractivity contribution in [3.8, 4) is 0 Å². The molecule has 0 fully saturated rings. The Bertz CT molecular complexity index is 424. The molecular weight excluding hydrogens is 292 g/mol. The standard InChI is InChI=1S/C9H11BrN4OS/c1-16-4-14-6-2-7(9(12)15)13-3-5(6)8(10)11/h2-3,11H,4H2,1H3,(H2,12,15)(H,13,14). The molecule has 86 valence electrons. The molecule has 5 nitrogen and oxygen atoms in total. The molecule has 1 heterocycles. The molecule has 0 spiro atoms. The van der Waals surface area contributed by atoms with Gasteiger partial charge in [0.15, 0.2) is 0 Å². The van der Waals surface area contributed by atoms with E-state index in [-0.39, 0.29) is 10.3 Å². The van der Waals surface area contributed by atoms with Crippen LogP contribution in [-0.2, 0) is 0 Å². The number of primary amides is 1. The average molecular weight is 303 g/mol. The lowest BCUT2D eigenvalue weighted by molar-refractivity contribution is 0.0995. The molecule has 0 unspecified atom stereocenters. The van der Waals surface area contributed by atoms with Crippen LogP contribution in [0.5, 0.6) is 0 Å². The summed E-state index contributed by atoms with van der Waals surface area (Å²) < 4.78 is 0.208. The summed E-state index contributed by atoms with van der Waals surface area (Å²) in [4.78, 5) is 14.8. The van der Waals surface area contributed by atoms with E-state index >= 15 is 0 Å². The zero-order chi connectivity index (χ0) is 12.1. The third-order valence-electron chi connectivity index (χ3n) is 1.80. The number of hydrogen-bond donors (Lipinski definition) is 3. The summed E-state index contributed by atoms with van der Waals surface area (Å²) in [6, 6.07) is 1.55. The van der Waals surface area contributed by atoms with Crippen molar-refractivity contribution in [1.82, 2.24) is 4.98 Å². The van der Waals surface area contributed by atoms with Gasteiger partial charge in [-0.2, -0.15) is 0 Å². The number of anilines is 1. The number of nitrogens with zero attached hydrogens (tertiary/aromatic N) is 1. The number of thioether (sulfide) groups is 1. The first-order valence-electron chi connectivity index (χ1n) is 4.33.